The molecule has 0 amide bonds. The Hall–Kier alpha value is -1.40. The van der Waals surface area contributed by atoms with E-state index in [0.29, 0.717) is 5.52 Å². The fourth-order valence-electron chi connectivity index (χ4n) is 4.49. The lowest BCUT2D eigenvalue weighted by molar-refractivity contribution is 0.483. The summed E-state index contributed by atoms with van der Waals surface area (Å²) in [6.45, 7) is 5.11. The molecule has 32 heavy (non-hydrogen) atoms. The third kappa shape index (κ3) is 9.62. The summed E-state index contributed by atoms with van der Waals surface area (Å²) in [6, 6.07) is 4.63. The molecule has 2 rings (SSSR count). The molecule has 0 bridgehead atoms. The van der Waals surface area contributed by atoms with Gasteiger partial charge in [0.1, 0.15) is 5.82 Å². The maximum Gasteiger partial charge on any atom is 0.294 e. The second-order valence-corrected chi connectivity index (χ2v) is 10.7. The van der Waals surface area contributed by atoms with E-state index in [4.69, 9.17) is 0 Å². The molecule has 0 fully saturated rings. The van der Waals surface area contributed by atoms with Crippen LogP contribution in [0.15, 0.2) is 23.1 Å². The van der Waals surface area contributed by atoms with E-state index in [1.54, 1.807) is 6.07 Å². The van der Waals surface area contributed by atoms with Gasteiger partial charge in [-0.25, -0.2) is 4.98 Å². The SMILES string of the molecule is CCCCCCCCCCCCCCCCCCn1c(C)nc2cc(S(=O)(=O)O)ccc21. The van der Waals surface area contributed by atoms with E-state index in [1.807, 2.05) is 6.92 Å². The normalized spacial score (nSPS) is 12.1. The topological polar surface area (TPSA) is 72.2 Å². The average molecular weight is 465 g/mol. The van der Waals surface area contributed by atoms with E-state index in [2.05, 4.69) is 16.5 Å². The first-order valence-corrected chi connectivity index (χ1v) is 14.3. The van der Waals surface area contributed by atoms with E-state index < -0.39 is 10.1 Å². The minimum absolute atomic E-state index is 0.0999. The van der Waals surface area contributed by atoms with Crippen molar-refractivity contribution < 1.29 is 13.0 Å². The lowest BCUT2D eigenvalue weighted by Crippen LogP contribution is -2.01. The quantitative estimate of drug-likeness (QED) is 0.180. The number of hydrogen-bond acceptors (Lipinski definition) is 3. The van der Waals surface area contributed by atoms with E-state index in [9.17, 15) is 13.0 Å². The number of hydrogen-bond donors (Lipinski definition) is 1. The second-order valence-electron chi connectivity index (χ2n) is 9.24. The van der Waals surface area contributed by atoms with Crippen LogP contribution in [-0.2, 0) is 16.7 Å². The van der Waals surface area contributed by atoms with Gasteiger partial charge in [0.2, 0.25) is 0 Å². The maximum atomic E-state index is 11.3. The Kier molecular flexibility index (Phi) is 12.3. The average Bonchev–Trinajstić information content (AvgIpc) is 3.07. The van der Waals surface area contributed by atoms with Gasteiger partial charge in [0, 0.05) is 6.54 Å². The van der Waals surface area contributed by atoms with E-state index in [0.717, 1.165) is 24.3 Å². The summed E-state index contributed by atoms with van der Waals surface area (Å²) >= 11 is 0. The van der Waals surface area contributed by atoms with Crippen LogP contribution in [0.5, 0.6) is 0 Å². The summed E-state index contributed by atoms with van der Waals surface area (Å²) in [4.78, 5) is 4.37. The highest BCUT2D eigenvalue weighted by Crippen LogP contribution is 2.21. The van der Waals surface area contributed by atoms with Crippen molar-refractivity contribution in [1.82, 2.24) is 9.55 Å². The van der Waals surface area contributed by atoms with Crippen LogP contribution in [0.25, 0.3) is 11.0 Å². The summed E-state index contributed by atoms with van der Waals surface area (Å²) in [6.07, 6.45) is 21.7. The van der Waals surface area contributed by atoms with Gasteiger partial charge in [0.05, 0.1) is 15.9 Å². The summed E-state index contributed by atoms with van der Waals surface area (Å²) < 4.78 is 34.0. The third-order valence-electron chi connectivity index (χ3n) is 6.44. The Morgan fingerprint density at radius 3 is 1.72 bits per heavy atom. The second kappa shape index (κ2) is 14.7. The summed E-state index contributed by atoms with van der Waals surface area (Å²) in [7, 11) is -4.19. The smallest absolute Gasteiger partial charge is 0.294 e. The van der Waals surface area contributed by atoms with E-state index in [1.165, 1.54) is 108 Å². The third-order valence-corrected chi connectivity index (χ3v) is 7.29. The monoisotopic (exact) mass is 464 g/mol. The molecule has 0 saturated carbocycles. The standard InChI is InChI=1S/C26H44N2O3S/c1-3-4-5-6-7-8-9-10-11-12-13-14-15-16-17-18-21-28-23(2)27-25-22-24(32(29,30)31)19-20-26(25)28/h19-20,22H,3-18,21H2,1-2H3,(H,29,30,31). The molecule has 2 aromatic rings. The fraction of sp³-hybridized carbons (Fsp3) is 0.731. The fourth-order valence-corrected chi connectivity index (χ4v) is 4.99. The van der Waals surface area contributed by atoms with Crippen LogP contribution in [0, 0.1) is 6.92 Å². The molecular formula is C26H44N2O3S. The van der Waals surface area contributed by atoms with Gasteiger partial charge < -0.3 is 4.57 Å². The molecule has 1 N–H and O–H groups in total. The van der Waals surface area contributed by atoms with Crippen LogP contribution in [0.4, 0.5) is 0 Å². The predicted molar refractivity (Wildman–Crippen MR) is 134 cm³/mol. The number of imidazole rings is 1. The Bertz CT molecular complexity index is 890. The van der Waals surface area contributed by atoms with Crippen molar-refractivity contribution in [2.75, 3.05) is 0 Å². The Labute approximate surface area is 195 Å². The largest absolute Gasteiger partial charge is 0.328 e. The number of aromatic nitrogens is 2. The van der Waals surface area contributed by atoms with Crippen molar-refractivity contribution in [3.8, 4) is 0 Å². The molecule has 0 aliphatic heterocycles. The van der Waals surface area contributed by atoms with Gasteiger partial charge in [-0.1, -0.05) is 103 Å². The minimum atomic E-state index is -4.19. The van der Waals surface area contributed by atoms with Crippen LogP contribution in [0.3, 0.4) is 0 Å². The van der Waals surface area contributed by atoms with Gasteiger partial charge in [0.15, 0.2) is 0 Å². The Balaban J connectivity index is 1.51. The summed E-state index contributed by atoms with van der Waals surface area (Å²) in [5.74, 6) is 0.883. The highest BCUT2D eigenvalue weighted by atomic mass is 32.2. The van der Waals surface area contributed by atoms with Gasteiger partial charge in [-0.05, 0) is 31.5 Å². The van der Waals surface area contributed by atoms with E-state index in [-0.39, 0.29) is 4.90 Å². The van der Waals surface area contributed by atoms with Crippen LogP contribution >= 0.6 is 0 Å². The number of benzene rings is 1. The molecular weight excluding hydrogens is 420 g/mol. The molecule has 0 saturated heterocycles. The highest BCUT2D eigenvalue weighted by Gasteiger charge is 2.13. The van der Waals surface area contributed by atoms with Crippen molar-refractivity contribution >= 4 is 21.2 Å². The summed E-state index contributed by atoms with van der Waals surface area (Å²) in [5, 5.41) is 0. The van der Waals surface area contributed by atoms with Gasteiger partial charge in [-0.2, -0.15) is 8.42 Å². The van der Waals surface area contributed by atoms with Gasteiger partial charge in [-0.15, -0.1) is 0 Å². The minimum Gasteiger partial charge on any atom is -0.328 e. The zero-order valence-electron chi connectivity index (χ0n) is 20.3. The maximum absolute atomic E-state index is 11.3. The molecule has 0 radical (unpaired) electrons. The van der Waals surface area contributed by atoms with Crippen molar-refractivity contribution in [2.24, 2.45) is 0 Å². The van der Waals surface area contributed by atoms with Crippen LogP contribution in [0.2, 0.25) is 0 Å². The van der Waals surface area contributed by atoms with Crippen molar-refractivity contribution in [1.29, 1.82) is 0 Å². The van der Waals surface area contributed by atoms with Crippen LogP contribution in [0.1, 0.15) is 115 Å². The molecule has 1 aromatic heterocycles. The molecule has 0 unspecified atom stereocenters. The first kappa shape index (κ1) is 26.8. The molecule has 0 spiro atoms. The number of unbranched alkanes of at least 4 members (excludes halogenated alkanes) is 15. The molecule has 0 aliphatic carbocycles. The summed E-state index contributed by atoms with van der Waals surface area (Å²) in [5.41, 5.74) is 1.55. The lowest BCUT2D eigenvalue weighted by Gasteiger charge is -2.07. The predicted octanol–water partition coefficient (Wildman–Crippen LogP) is 7.85. The number of aryl methyl sites for hydroxylation is 2. The molecule has 6 heteroatoms. The molecule has 5 nitrogen and oxygen atoms in total. The highest BCUT2D eigenvalue weighted by molar-refractivity contribution is 7.85. The zero-order chi connectivity index (χ0) is 23.2. The first-order valence-electron chi connectivity index (χ1n) is 12.9. The lowest BCUT2D eigenvalue weighted by atomic mass is 10.0. The number of nitrogens with zero attached hydrogens (tertiary/aromatic N) is 2. The Morgan fingerprint density at radius 2 is 1.25 bits per heavy atom. The number of fused-ring (bicyclic) bond motifs is 1. The van der Waals surface area contributed by atoms with Crippen molar-refractivity contribution in [3.05, 3.63) is 24.0 Å². The molecule has 182 valence electrons. The first-order chi connectivity index (χ1) is 15.4. The zero-order valence-corrected chi connectivity index (χ0v) is 21.1. The molecule has 0 atom stereocenters. The molecule has 1 heterocycles. The van der Waals surface area contributed by atoms with Crippen molar-refractivity contribution in [2.45, 2.75) is 128 Å². The van der Waals surface area contributed by atoms with Gasteiger partial charge in [-0.3, -0.25) is 4.55 Å². The van der Waals surface area contributed by atoms with Crippen LogP contribution in [-0.4, -0.2) is 22.5 Å². The Morgan fingerprint density at radius 1 is 0.781 bits per heavy atom. The molecule has 0 aliphatic rings. The van der Waals surface area contributed by atoms with Gasteiger partial charge >= 0.3 is 0 Å². The molecule has 1 aromatic carbocycles. The van der Waals surface area contributed by atoms with Crippen molar-refractivity contribution in [3.63, 3.8) is 0 Å². The number of rotatable bonds is 18. The van der Waals surface area contributed by atoms with Gasteiger partial charge in [0.25, 0.3) is 10.1 Å². The van der Waals surface area contributed by atoms with Crippen LogP contribution < -0.4 is 0 Å². The van der Waals surface area contributed by atoms with E-state index >= 15 is 0 Å².